The van der Waals surface area contributed by atoms with E-state index in [1.165, 1.54) is 12.0 Å². The van der Waals surface area contributed by atoms with Crippen molar-refractivity contribution in [1.82, 2.24) is 4.90 Å². The van der Waals surface area contributed by atoms with Crippen LogP contribution < -0.4 is 9.47 Å². The van der Waals surface area contributed by atoms with E-state index in [4.69, 9.17) is 9.47 Å². The van der Waals surface area contributed by atoms with Crippen LogP contribution in [-0.4, -0.2) is 49.5 Å². The molecule has 0 spiro atoms. The standard InChI is InChI=1S/C19H31NO3/c1-4-9-20-10-8-17(21)16(14-20)12-15-6-7-18(23-11-5-2)19(13-15)22-3/h6-7,13,16-17,21H,4-5,8-12,14H2,1-3H3. The van der Waals surface area contributed by atoms with E-state index < -0.39 is 0 Å². The highest BCUT2D eigenvalue weighted by Gasteiger charge is 2.27. The van der Waals surface area contributed by atoms with E-state index in [-0.39, 0.29) is 6.10 Å². The molecular formula is C19H31NO3. The quantitative estimate of drug-likeness (QED) is 0.799. The molecular weight excluding hydrogens is 290 g/mol. The molecule has 2 rings (SSSR count). The van der Waals surface area contributed by atoms with Gasteiger partial charge in [0.25, 0.3) is 0 Å². The van der Waals surface area contributed by atoms with Crippen LogP contribution in [0.3, 0.4) is 0 Å². The lowest BCUT2D eigenvalue weighted by atomic mass is 9.88. The van der Waals surface area contributed by atoms with E-state index in [9.17, 15) is 5.11 Å². The highest BCUT2D eigenvalue weighted by Crippen LogP contribution is 2.30. The molecule has 1 fully saturated rings. The van der Waals surface area contributed by atoms with E-state index in [0.29, 0.717) is 12.5 Å². The van der Waals surface area contributed by atoms with E-state index in [1.54, 1.807) is 7.11 Å². The molecule has 4 heteroatoms. The summed E-state index contributed by atoms with van der Waals surface area (Å²) < 4.78 is 11.2. The van der Waals surface area contributed by atoms with Gasteiger partial charge in [0.15, 0.2) is 11.5 Å². The van der Waals surface area contributed by atoms with Crippen molar-refractivity contribution < 1.29 is 14.6 Å². The van der Waals surface area contributed by atoms with E-state index >= 15 is 0 Å². The van der Waals surface area contributed by atoms with Crippen molar-refractivity contribution in [3.63, 3.8) is 0 Å². The van der Waals surface area contributed by atoms with Gasteiger partial charge >= 0.3 is 0 Å². The summed E-state index contributed by atoms with van der Waals surface area (Å²) in [5.74, 6) is 1.88. The molecule has 130 valence electrons. The number of methoxy groups -OCH3 is 1. The van der Waals surface area contributed by atoms with Crippen molar-refractivity contribution in [2.45, 2.75) is 45.6 Å². The van der Waals surface area contributed by atoms with E-state index in [2.05, 4.69) is 30.9 Å². The number of piperidine rings is 1. The van der Waals surface area contributed by atoms with Crippen molar-refractivity contribution in [2.75, 3.05) is 33.4 Å². The number of nitrogens with zero attached hydrogens (tertiary/aromatic N) is 1. The van der Waals surface area contributed by atoms with Gasteiger partial charge in [0.1, 0.15) is 0 Å². The molecule has 1 aliphatic rings. The number of aliphatic hydroxyl groups is 1. The second-order valence-corrected chi connectivity index (χ2v) is 6.45. The van der Waals surface area contributed by atoms with Gasteiger partial charge in [-0.25, -0.2) is 0 Å². The minimum absolute atomic E-state index is 0.204. The van der Waals surface area contributed by atoms with Gasteiger partial charge in [-0.2, -0.15) is 0 Å². The fraction of sp³-hybridized carbons (Fsp3) is 0.684. The number of ether oxygens (including phenoxy) is 2. The third-order valence-corrected chi connectivity index (χ3v) is 4.51. The van der Waals surface area contributed by atoms with Crippen LogP contribution in [0, 0.1) is 5.92 Å². The largest absolute Gasteiger partial charge is 0.493 e. The Kier molecular flexibility index (Phi) is 7.18. The van der Waals surface area contributed by atoms with Crippen molar-refractivity contribution in [3.05, 3.63) is 23.8 Å². The van der Waals surface area contributed by atoms with Gasteiger partial charge in [0.2, 0.25) is 0 Å². The molecule has 2 unspecified atom stereocenters. The normalized spacial score (nSPS) is 22.1. The van der Waals surface area contributed by atoms with Crippen LogP contribution in [0.4, 0.5) is 0 Å². The van der Waals surface area contributed by atoms with E-state index in [0.717, 1.165) is 50.4 Å². The monoisotopic (exact) mass is 321 g/mol. The van der Waals surface area contributed by atoms with Crippen LogP contribution >= 0.6 is 0 Å². The molecule has 1 saturated heterocycles. The molecule has 0 radical (unpaired) electrons. The Morgan fingerprint density at radius 3 is 2.74 bits per heavy atom. The smallest absolute Gasteiger partial charge is 0.161 e. The first-order chi connectivity index (χ1) is 11.2. The van der Waals surface area contributed by atoms with Gasteiger partial charge < -0.3 is 19.5 Å². The summed E-state index contributed by atoms with van der Waals surface area (Å²) in [5, 5.41) is 10.3. The lowest BCUT2D eigenvalue weighted by Crippen LogP contribution is -2.44. The van der Waals surface area contributed by atoms with Gasteiger partial charge in [0.05, 0.1) is 19.8 Å². The molecule has 1 heterocycles. The molecule has 23 heavy (non-hydrogen) atoms. The predicted octanol–water partition coefficient (Wildman–Crippen LogP) is 3.12. The van der Waals surface area contributed by atoms with Gasteiger partial charge in [0, 0.05) is 19.0 Å². The maximum atomic E-state index is 10.3. The van der Waals surface area contributed by atoms with Crippen LogP contribution in [0.5, 0.6) is 11.5 Å². The molecule has 0 amide bonds. The third kappa shape index (κ3) is 5.11. The zero-order chi connectivity index (χ0) is 16.7. The molecule has 1 N–H and O–H groups in total. The molecule has 1 aromatic carbocycles. The molecule has 1 aliphatic heterocycles. The molecule has 1 aromatic rings. The summed E-state index contributed by atoms with van der Waals surface area (Å²) in [6.45, 7) is 8.11. The minimum Gasteiger partial charge on any atom is -0.493 e. The number of hydrogen-bond donors (Lipinski definition) is 1. The Balaban J connectivity index is 2.03. The fourth-order valence-corrected chi connectivity index (χ4v) is 3.29. The molecule has 2 atom stereocenters. The Hall–Kier alpha value is -1.26. The summed E-state index contributed by atoms with van der Waals surface area (Å²) in [4.78, 5) is 2.47. The van der Waals surface area contributed by atoms with Crippen molar-refractivity contribution in [3.8, 4) is 11.5 Å². The highest BCUT2D eigenvalue weighted by molar-refractivity contribution is 5.43. The average Bonchev–Trinajstić information content (AvgIpc) is 2.56. The van der Waals surface area contributed by atoms with Crippen molar-refractivity contribution in [1.29, 1.82) is 0 Å². The molecule has 0 aromatic heterocycles. The summed E-state index contributed by atoms with van der Waals surface area (Å²) in [6.07, 6.45) is 3.70. The molecule has 0 saturated carbocycles. The number of hydrogen-bond acceptors (Lipinski definition) is 4. The van der Waals surface area contributed by atoms with Gasteiger partial charge in [-0.1, -0.05) is 19.9 Å². The van der Waals surface area contributed by atoms with Gasteiger partial charge in [-0.3, -0.25) is 0 Å². The van der Waals surface area contributed by atoms with Crippen LogP contribution in [-0.2, 0) is 6.42 Å². The lowest BCUT2D eigenvalue weighted by Gasteiger charge is -2.36. The number of likely N-dealkylation sites (tertiary alicyclic amines) is 1. The second kappa shape index (κ2) is 9.14. The zero-order valence-corrected chi connectivity index (χ0v) is 14.8. The van der Waals surface area contributed by atoms with E-state index in [1.807, 2.05) is 6.07 Å². The zero-order valence-electron chi connectivity index (χ0n) is 14.8. The van der Waals surface area contributed by atoms with Crippen LogP contribution in [0.2, 0.25) is 0 Å². The first-order valence-corrected chi connectivity index (χ1v) is 8.88. The fourth-order valence-electron chi connectivity index (χ4n) is 3.29. The first-order valence-electron chi connectivity index (χ1n) is 8.88. The van der Waals surface area contributed by atoms with Gasteiger partial charge in [-0.05, 0) is 49.9 Å². The second-order valence-electron chi connectivity index (χ2n) is 6.45. The van der Waals surface area contributed by atoms with Crippen LogP contribution in [0.25, 0.3) is 0 Å². The summed E-state index contributed by atoms with van der Waals surface area (Å²) >= 11 is 0. The average molecular weight is 321 g/mol. The summed E-state index contributed by atoms with van der Waals surface area (Å²) in [6, 6.07) is 6.14. The Morgan fingerprint density at radius 1 is 1.22 bits per heavy atom. The molecule has 0 bridgehead atoms. The van der Waals surface area contributed by atoms with Crippen molar-refractivity contribution in [2.24, 2.45) is 5.92 Å². The summed E-state index contributed by atoms with van der Waals surface area (Å²) in [7, 11) is 1.68. The SMILES string of the molecule is CCCOc1ccc(CC2CN(CCC)CCC2O)cc1OC. The first kappa shape index (κ1) is 18.1. The third-order valence-electron chi connectivity index (χ3n) is 4.51. The Bertz CT molecular complexity index is 478. The molecule has 4 nitrogen and oxygen atoms in total. The molecule has 0 aliphatic carbocycles. The lowest BCUT2D eigenvalue weighted by molar-refractivity contribution is 0.0270. The van der Waals surface area contributed by atoms with Crippen molar-refractivity contribution >= 4 is 0 Å². The topological polar surface area (TPSA) is 41.9 Å². The Labute approximate surface area is 140 Å². The van der Waals surface area contributed by atoms with Crippen LogP contribution in [0.15, 0.2) is 18.2 Å². The van der Waals surface area contributed by atoms with Gasteiger partial charge in [-0.15, -0.1) is 0 Å². The maximum Gasteiger partial charge on any atom is 0.161 e. The highest BCUT2D eigenvalue weighted by atomic mass is 16.5. The Morgan fingerprint density at radius 2 is 2.04 bits per heavy atom. The summed E-state index contributed by atoms with van der Waals surface area (Å²) in [5.41, 5.74) is 1.20. The number of rotatable bonds is 8. The maximum absolute atomic E-state index is 10.3. The number of benzene rings is 1. The number of aliphatic hydroxyl groups excluding tert-OH is 1. The predicted molar refractivity (Wildman–Crippen MR) is 93.3 cm³/mol. The van der Waals surface area contributed by atoms with Crippen LogP contribution in [0.1, 0.15) is 38.7 Å². The minimum atomic E-state index is -0.204.